The smallest absolute Gasteiger partial charge is 0.237 e. The highest BCUT2D eigenvalue weighted by Crippen LogP contribution is 2.02. The fraction of sp³-hybridized carbons (Fsp3) is 0.500. The summed E-state index contributed by atoms with van der Waals surface area (Å²) in [5, 5.41) is 12.2. The number of carbonyl (C=O) groups is 1. The molecule has 0 aromatic heterocycles. The maximum absolute atomic E-state index is 11.7. The molecule has 19 heavy (non-hydrogen) atoms. The number of nitrogens with one attached hydrogen (secondary N) is 1. The lowest BCUT2D eigenvalue weighted by Gasteiger charge is -2.14. The number of amides is 1. The standard InChI is InChI=1S/C14H22N2O2.ClH/c1-2-6-12(17)10-16-14(18)13(15)9-11-7-4-3-5-8-11;/h3-5,7-8,12-13,17H,2,6,9-10,15H2,1H3,(H,16,18);1H/t12?,13-;/m0./s1. The predicted octanol–water partition coefficient (Wildman–Crippen LogP) is 1.26. The number of nitrogens with two attached hydrogens (primary N) is 1. The second-order valence-corrected chi connectivity index (χ2v) is 4.48. The van der Waals surface area contributed by atoms with Crippen molar-refractivity contribution in [1.29, 1.82) is 0 Å². The number of hydrogen-bond donors (Lipinski definition) is 3. The molecule has 0 saturated heterocycles. The van der Waals surface area contributed by atoms with Gasteiger partial charge in [-0.15, -0.1) is 12.4 Å². The van der Waals surface area contributed by atoms with E-state index in [-0.39, 0.29) is 24.9 Å². The van der Waals surface area contributed by atoms with E-state index in [9.17, 15) is 9.90 Å². The number of benzene rings is 1. The van der Waals surface area contributed by atoms with Crippen LogP contribution < -0.4 is 11.1 Å². The molecule has 1 aromatic carbocycles. The number of carbonyl (C=O) groups excluding carboxylic acids is 1. The highest BCUT2D eigenvalue weighted by molar-refractivity contribution is 5.85. The summed E-state index contributed by atoms with van der Waals surface area (Å²) in [6.07, 6.45) is 1.61. The van der Waals surface area contributed by atoms with Crippen LogP contribution in [0.15, 0.2) is 30.3 Å². The minimum atomic E-state index is -0.568. The Hall–Kier alpha value is -1.10. The van der Waals surface area contributed by atoms with E-state index in [2.05, 4.69) is 5.32 Å². The minimum Gasteiger partial charge on any atom is -0.391 e. The third-order valence-corrected chi connectivity index (χ3v) is 2.77. The quantitative estimate of drug-likeness (QED) is 0.706. The Morgan fingerprint density at radius 1 is 1.37 bits per heavy atom. The lowest BCUT2D eigenvalue weighted by Crippen LogP contribution is -2.44. The number of rotatable bonds is 7. The molecule has 0 heterocycles. The zero-order valence-electron chi connectivity index (χ0n) is 11.2. The molecule has 108 valence electrons. The van der Waals surface area contributed by atoms with Crippen LogP contribution in [0.5, 0.6) is 0 Å². The third-order valence-electron chi connectivity index (χ3n) is 2.77. The lowest BCUT2D eigenvalue weighted by molar-refractivity contribution is -0.122. The van der Waals surface area contributed by atoms with Gasteiger partial charge in [0.1, 0.15) is 0 Å². The predicted molar refractivity (Wildman–Crippen MR) is 79.3 cm³/mol. The monoisotopic (exact) mass is 286 g/mol. The molecule has 0 radical (unpaired) electrons. The Morgan fingerprint density at radius 3 is 2.58 bits per heavy atom. The van der Waals surface area contributed by atoms with Gasteiger partial charge < -0.3 is 16.2 Å². The summed E-state index contributed by atoms with van der Waals surface area (Å²) in [6.45, 7) is 2.27. The Labute approximate surface area is 120 Å². The fourth-order valence-electron chi connectivity index (χ4n) is 1.75. The summed E-state index contributed by atoms with van der Waals surface area (Å²) in [5.74, 6) is -0.214. The average Bonchev–Trinajstić information content (AvgIpc) is 2.37. The van der Waals surface area contributed by atoms with Crippen LogP contribution in [0.3, 0.4) is 0 Å². The van der Waals surface area contributed by atoms with Crippen LogP contribution in [0.25, 0.3) is 0 Å². The van der Waals surface area contributed by atoms with Crippen LogP contribution >= 0.6 is 12.4 Å². The molecule has 0 aliphatic rings. The third kappa shape index (κ3) is 7.15. The van der Waals surface area contributed by atoms with Gasteiger partial charge in [0, 0.05) is 6.54 Å². The van der Waals surface area contributed by atoms with Gasteiger partial charge in [0.25, 0.3) is 0 Å². The van der Waals surface area contributed by atoms with Crippen LogP contribution in [0.2, 0.25) is 0 Å². The molecule has 0 saturated carbocycles. The van der Waals surface area contributed by atoms with E-state index in [0.717, 1.165) is 12.0 Å². The Balaban J connectivity index is 0.00000324. The van der Waals surface area contributed by atoms with Gasteiger partial charge in [-0.25, -0.2) is 0 Å². The first-order chi connectivity index (χ1) is 8.63. The van der Waals surface area contributed by atoms with Crippen molar-refractivity contribution in [3.05, 3.63) is 35.9 Å². The van der Waals surface area contributed by atoms with Crippen molar-refractivity contribution in [1.82, 2.24) is 5.32 Å². The zero-order chi connectivity index (χ0) is 13.4. The van der Waals surface area contributed by atoms with E-state index < -0.39 is 12.1 Å². The number of aliphatic hydroxyl groups excluding tert-OH is 1. The first-order valence-electron chi connectivity index (χ1n) is 6.38. The maximum Gasteiger partial charge on any atom is 0.237 e. The largest absolute Gasteiger partial charge is 0.391 e. The Morgan fingerprint density at radius 2 is 2.00 bits per heavy atom. The lowest BCUT2D eigenvalue weighted by atomic mass is 10.1. The van der Waals surface area contributed by atoms with E-state index >= 15 is 0 Å². The van der Waals surface area contributed by atoms with Gasteiger partial charge in [0.15, 0.2) is 0 Å². The number of aliphatic hydroxyl groups is 1. The van der Waals surface area contributed by atoms with Crippen LogP contribution in [0, 0.1) is 0 Å². The summed E-state index contributed by atoms with van der Waals surface area (Å²) in [4.78, 5) is 11.7. The van der Waals surface area contributed by atoms with Crippen LogP contribution in [-0.4, -0.2) is 29.7 Å². The van der Waals surface area contributed by atoms with Gasteiger partial charge >= 0.3 is 0 Å². The first kappa shape index (κ1) is 17.9. The molecule has 2 atom stereocenters. The molecule has 1 rings (SSSR count). The molecule has 1 unspecified atom stereocenters. The second kappa shape index (κ2) is 9.78. The summed E-state index contributed by atoms with van der Waals surface area (Å²) in [7, 11) is 0. The van der Waals surface area contributed by atoms with Crippen molar-refractivity contribution in [2.24, 2.45) is 5.73 Å². The molecule has 1 aromatic rings. The van der Waals surface area contributed by atoms with Crippen molar-refractivity contribution in [2.45, 2.75) is 38.3 Å². The molecule has 0 bridgehead atoms. The van der Waals surface area contributed by atoms with Crippen LogP contribution in [-0.2, 0) is 11.2 Å². The summed E-state index contributed by atoms with van der Waals surface area (Å²) >= 11 is 0. The van der Waals surface area contributed by atoms with Gasteiger partial charge in [0.2, 0.25) is 5.91 Å². The van der Waals surface area contributed by atoms with E-state index in [1.54, 1.807) is 0 Å². The van der Waals surface area contributed by atoms with Crippen molar-refractivity contribution >= 4 is 18.3 Å². The molecule has 0 aliphatic heterocycles. The Bertz CT molecular complexity index is 360. The molecule has 5 heteroatoms. The normalized spacial score (nSPS) is 13.2. The van der Waals surface area contributed by atoms with Gasteiger partial charge in [-0.05, 0) is 18.4 Å². The van der Waals surface area contributed by atoms with E-state index in [0.29, 0.717) is 12.8 Å². The average molecular weight is 287 g/mol. The Kier molecular flexibility index (Phi) is 9.21. The van der Waals surface area contributed by atoms with Gasteiger partial charge in [-0.3, -0.25) is 4.79 Å². The van der Waals surface area contributed by atoms with Crippen molar-refractivity contribution < 1.29 is 9.90 Å². The van der Waals surface area contributed by atoms with Crippen LogP contribution in [0.4, 0.5) is 0 Å². The minimum absolute atomic E-state index is 0. The van der Waals surface area contributed by atoms with Gasteiger partial charge in [-0.2, -0.15) is 0 Å². The molecular formula is C14H23ClN2O2. The summed E-state index contributed by atoms with van der Waals surface area (Å²) < 4.78 is 0. The first-order valence-corrected chi connectivity index (χ1v) is 6.38. The summed E-state index contributed by atoms with van der Waals surface area (Å²) in [6, 6.07) is 9.09. The second-order valence-electron chi connectivity index (χ2n) is 4.48. The SMILES string of the molecule is CCCC(O)CNC(=O)[C@@H](N)Cc1ccccc1.Cl. The zero-order valence-corrected chi connectivity index (χ0v) is 12.0. The van der Waals surface area contributed by atoms with Crippen molar-refractivity contribution in [3.63, 3.8) is 0 Å². The van der Waals surface area contributed by atoms with Crippen LogP contribution in [0.1, 0.15) is 25.3 Å². The molecule has 0 fully saturated rings. The van der Waals surface area contributed by atoms with E-state index in [1.807, 2.05) is 37.3 Å². The van der Waals surface area contributed by atoms with E-state index in [1.165, 1.54) is 0 Å². The van der Waals surface area contributed by atoms with Crippen molar-refractivity contribution in [2.75, 3.05) is 6.54 Å². The molecule has 4 N–H and O–H groups in total. The molecular weight excluding hydrogens is 264 g/mol. The topological polar surface area (TPSA) is 75.3 Å². The summed E-state index contributed by atoms with van der Waals surface area (Å²) in [5.41, 5.74) is 6.85. The number of halogens is 1. The molecule has 0 spiro atoms. The highest BCUT2D eigenvalue weighted by atomic mass is 35.5. The molecule has 1 amide bonds. The van der Waals surface area contributed by atoms with Gasteiger partial charge in [-0.1, -0.05) is 43.7 Å². The van der Waals surface area contributed by atoms with Gasteiger partial charge in [0.05, 0.1) is 12.1 Å². The van der Waals surface area contributed by atoms with E-state index in [4.69, 9.17) is 5.73 Å². The highest BCUT2D eigenvalue weighted by Gasteiger charge is 2.14. The fourth-order valence-corrected chi connectivity index (χ4v) is 1.75. The molecule has 0 aliphatic carbocycles. The molecule has 4 nitrogen and oxygen atoms in total. The number of hydrogen-bond acceptors (Lipinski definition) is 3. The van der Waals surface area contributed by atoms with Crippen molar-refractivity contribution in [3.8, 4) is 0 Å². The maximum atomic E-state index is 11.7.